The van der Waals surface area contributed by atoms with Gasteiger partial charge in [-0.15, -0.1) is 0 Å². The molecule has 0 atom stereocenters. The quantitative estimate of drug-likeness (QED) is 0.144. The number of methoxy groups -OCH3 is 1. The largest absolute Gasteiger partial charge is 0.494 e. The van der Waals surface area contributed by atoms with E-state index in [0.717, 1.165) is 22.8 Å². The molecule has 0 aliphatic heterocycles. The van der Waals surface area contributed by atoms with Crippen LogP contribution in [0.2, 0.25) is 0 Å². The SMILES string of the molecule is COC(=O)c1ccc2c(C(=Nc3ccc(CNCCNS(C)(=O)=O)cc3)c3ccccc3)c(O)[nH]c2c1. The molecule has 1 heterocycles. The van der Waals surface area contributed by atoms with Crippen molar-refractivity contribution in [3.8, 4) is 5.88 Å². The van der Waals surface area contributed by atoms with Gasteiger partial charge in [-0.2, -0.15) is 0 Å². The molecule has 0 aliphatic rings. The van der Waals surface area contributed by atoms with Crippen molar-refractivity contribution in [3.63, 3.8) is 0 Å². The maximum atomic E-state index is 12.0. The number of carbonyl (C=O) groups excluding carboxylic acids is 1. The van der Waals surface area contributed by atoms with Crippen molar-refractivity contribution >= 4 is 38.3 Å². The summed E-state index contributed by atoms with van der Waals surface area (Å²) in [5.41, 5.74) is 4.60. The van der Waals surface area contributed by atoms with E-state index in [-0.39, 0.29) is 5.88 Å². The Hall–Kier alpha value is -3.99. The zero-order chi connectivity index (χ0) is 26.4. The Kier molecular flexibility index (Phi) is 8.02. The van der Waals surface area contributed by atoms with Crippen molar-refractivity contribution < 1.29 is 23.1 Å². The Balaban J connectivity index is 1.62. The number of ether oxygens (including phenoxy) is 1. The smallest absolute Gasteiger partial charge is 0.337 e. The lowest BCUT2D eigenvalue weighted by Crippen LogP contribution is -2.30. The summed E-state index contributed by atoms with van der Waals surface area (Å²) < 4.78 is 29.5. The normalized spacial score (nSPS) is 12.1. The lowest BCUT2D eigenvalue weighted by atomic mass is 10.00. The standard InChI is InChI=1S/C27H28N4O5S/c1-36-27(33)20-10-13-22-23(16-20)31-26(32)24(22)25(19-6-4-3-5-7-19)30-21-11-8-18(9-12-21)17-28-14-15-29-37(2,34)35/h3-13,16,28-29,31-32H,14-15,17H2,1-2H3. The number of aromatic amines is 1. The van der Waals surface area contributed by atoms with Crippen LogP contribution in [0.25, 0.3) is 10.9 Å². The molecule has 4 N–H and O–H groups in total. The number of aliphatic imine (C=N–C) groups is 1. The maximum absolute atomic E-state index is 12.0. The predicted octanol–water partition coefficient (Wildman–Crippen LogP) is 3.47. The van der Waals surface area contributed by atoms with Gasteiger partial charge in [0, 0.05) is 36.1 Å². The predicted molar refractivity (Wildman–Crippen MR) is 144 cm³/mol. The van der Waals surface area contributed by atoms with Crippen LogP contribution in [0.3, 0.4) is 0 Å². The fourth-order valence-corrected chi connectivity index (χ4v) is 4.38. The molecular formula is C27H28N4O5S. The van der Waals surface area contributed by atoms with Gasteiger partial charge in [0.25, 0.3) is 0 Å². The van der Waals surface area contributed by atoms with Crippen LogP contribution in [0.15, 0.2) is 77.8 Å². The van der Waals surface area contributed by atoms with E-state index < -0.39 is 16.0 Å². The number of aromatic hydroxyl groups is 1. The monoisotopic (exact) mass is 520 g/mol. The van der Waals surface area contributed by atoms with Crippen molar-refractivity contribution in [1.82, 2.24) is 15.0 Å². The van der Waals surface area contributed by atoms with E-state index in [1.54, 1.807) is 18.2 Å². The van der Waals surface area contributed by atoms with E-state index >= 15 is 0 Å². The summed E-state index contributed by atoms with van der Waals surface area (Å²) in [6.45, 7) is 1.40. The molecule has 0 aliphatic carbocycles. The molecule has 0 spiro atoms. The second-order valence-corrected chi connectivity index (χ2v) is 10.3. The molecule has 37 heavy (non-hydrogen) atoms. The molecule has 0 saturated heterocycles. The highest BCUT2D eigenvalue weighted by Gasteiger charge is 2.20. The Morgan fingerprint density at radius 3 is 2.41 bits per heavy atom. The fraction of sp³-hybridized carbons (Fsp3) is 0.185. The first-order valence-electron chi connectivity index (χ1n) is 11.6. The summed E-state index contributed by atoms with van der Waals surface area (Å²) in [7, 11) is -1.88. The van der Waals surface area contributed by atoms with Gasteiger partial charge in [-0.1, -0.05) is 48.5 Å². The molecule has 0 radical (unpaired) electrons. The number of H-pyrrole nitrogens is 1. The van der Waals surface area contributed by atoms with Gasteiger partial charge in [0.15, 0.2) is 5.88 Å². The third-order valence-corrected chi connectivity index (χ3v) is 6.38. The number of nitrogens with zero attached hydrogens (tertiary/aromatic N) is 1. The van der Waals surface area contributed by atoms with Crippen LogP contribution in [-0.2, 0) is 21.3 Å². The van der Waals surface area contributed by atoms with E-state index in [0.29, 0.717) is 47.7 Å². The van der Waals surface area contributed by atoms with Crippen LogP contribution < -0.4 is 10.0 Å². The third kappa shape index (κ3) is 6.62. The summed E-state index contributed by atoms with van der Waals surface area (Å²) in [6.07, 6.45) is 1.13. The van der Waals surface area contributed by atoms with Crippen LogP contribution in [0, 0.1) is 0 Å². The second-order valence-electron chi connectivity index (χ2n) is 8.44. The molecular weight excluding hydrogens is 492 g/mol. The highest BCUT2D eigenvalue weighted by molar-refractivity contribution is 7.88. The van der Waals surface area contributed by atoms with Gasteiger partial charge < -0.3 is 20.1 Å². The number of hydrogen-bond donors (Lipinski definition) is 4. The Labute approximate surface area is 215 Å². The number of sulfonamides is 1. The molecule has 3 aromatic carbocycles. The molecule has 1 aromatic heterocycles. The van der Waals surface area contributed by atoms with Crippen molar-refractivity contribution in [1.29, 1.82) is 0 Å². The summed E-state index contributed by atoms with van der Waals surface area (Å²) >= 11 is 0. The first-order chi connectivity index (χ1) is 17.7. The average molecular weight is 521 g/mol. The minimum atomic E-state index is -3.20. The van der Waals surface area contributed by atoms with E-state index in [2.05, 4.69) is 15.0 Å². The molecule has 0 fully saturated rings. The number of nitrogens with one attached hydrogen (secondary N) is 3. The molecule has 4 aromatic rings. The van der Waals surface area contributed by atoms with Crippen molar-refractivity contribution in [2.45, 2.75) is 6.54 Å². The number of aromatic nitrogens is 1. The number of rotatable bonds is 10. The Bertz CT molecular complexity index is 1530. The van der Waals surface area contributed by atoms with E-state index in [9.17, 15) is 18.3 Å². The summed E-state index contributed by atoms with van der Waals surface area (Å²) in [5.74, 6) is -0.515. The van der Waals surface area contributed by atoms with Crippen LogP contribution in [-0.4, -0.2) is 56.6 Å². The molecule has 0 amide bonds. The van der Waals surface area contributed by atoms with Crippen molar-refractivity contribution in [2.75, 3.05) is 26.5 Å². The lowest BCUT2D eigenvalue weighted by molar-refractivity contribution is 0.0601. The maximum Gasteiger partial charge on any atom is 0.337 e. The van der Waals surface area contributed by atoms with Gasteiger partial charge in [-0.25, -0.2) is 22.9 Å². The van der Waals surface area contributed by atoms with Gasteiger partial charge in [-0.3, -0.25) is 0 Å². The van der Waals surface area contributed by atoms with Crippen molar-refractivity contribution in [2.24, 2.45) is 4.99 Å². The van der Waals surface area contributed by atoms with E-state index in [1.165, 1.54) is 7.11 Å². The Morgan fingerprint density at radius 1 is 1.00 bits per heavy atom. The van der Waals surface area contributed by atoms with Gasteiger partial charge in [-0.05, 0) is 29.8 Å². The van der Waals surface area contributed by atoms with Crippen molar-refractivity contribution in [3.05, 3.63) is 95.1 Å². The molecule has 0 unspecified atom stereocenters. The van der Waals surface area contributed by atoms with Gasteiger partial charge in [0.05, 0.1) is 35.9 Å². The summed E-state index contributed by atoms with van der Waals surface area (Å²) in [5, 5.41) is 14.8. The number of carbonyl (C=O) groups is 1. The number of hydrogen-bond acceptors (Lipinski definition) is 7. The molecule has 192 valence electrons. The lowest BCUT2D eigenvalue weighted by Gasteiger charge is -2.09. The first kappa shape index (κ1) is 26.1. The summed E-state index contributed by atoms with van der Waals surface area (Å²) in [6, 6.07) is 22.3. The first-order valence-corrected chi connectivity index (χ1v) is 13.5. The molecule has 0 saturated carbocycles. The fourth-order valence-electron chi connectivity index (χ4n) is 3.90. The highest BCUT2D eigenvalue weighted by Crippen LogP contribution is 2.32. The summed E-state index contributed by atoms with van der Waals surface area (Å²) in [4.78, 5) is 19.8. The van der Waals surface area contributed by atoms with Gasteiger partial charge >= 0.3 is 5.97 Å². The number of benzene rings is 3. The van der Waals surface area contributed by atoms with Crippen LogP contribution in [0.1, 0.15) is 27.0 Å². The minimum absolute atomic E-state index is 0.0526. The Morgan fingerprint density at radius 2 is 1.73 bits per heavy atom. The van der Waals surface area contributed by atoms with Crippen LogP contribution in [0.5, 0.6) is 5.88 Å². The van der Waals surface area contributed by atoms with E-state index in [1.807, 2.05) is 54.6 Å². The third-order valence-electron chi connectivity index (χ3n) is 5.66. The zero-order valence-electron chi connectivity index (χ0n) is 20.5. The van der Waals surface area contributed by atoms with E-state index in [4.69, 9.17) is 9.73 Å². The second kappa shape index (κ2) is 11.4. The topological polar surface area (TPSA) is 133 Å². The zero-order valence-corrected chi connectivity index (χ0v) is 21.3. The minimum Gasteiger partial charge on any atom is -0.494 e. The van der Waals surface area contributed by atoms with Crippen LogP contribution in [0.4, 0.5) is 5.69 Å². The van der Waals surface area contributed by atoms with Gasteiger partial charge in [0.2, 0.25) is 10.0 Å². The molecule has 4 rings (SSSR count). The highest BCUT2D eigenvalue weighted by atomic mass is 32.2. The molecule has 9 nitrogen and oxygen atoms in total. The van der Waals surface area contributed by atoms with Gasteiger partial charge in [0.1, 0.15) is 0 Å². The molecule has 10 heteroatoms. The average Bonchev–Trinajstić information content (AvgIpc) is 3.22. The van der Waals surface area contributed by atoms with Crippen LogP contribution >= 0.6 is 0 Å². The number of esters is 1. The number of fused-ring (bicyclic) bond motifs is 1. The molecule has 0 bridgehead atoms.